The lowest BCUT2D eigenvalue weighted by Crippen LogP contribution is -2.30. The lowest BCUT2D eigenvalue weighted by atomic mass is 10.1. The first kappa shape index (κ1) is 61.5. The number of rotatable bonds is 45. The van der Waals surface area contributed by atoms with Crippen molar-refractivity contribution in [2.45, 2.75) is 213 Å². The first-order valence-electron chi connectivity index (χ1n) is 26.3. The Morgan fingerprint density at radius 2 is 0.667 bits per heavy atom. The molecule has 0 saturated heterocycles. The fourth-order valence-corrected chi connectivity index (χ4v) is 6.60. The maximum Gasteiger partial charge on any atom is 0.306 e. The number of allylic oxidation sites excluding steroid dienone is 22. The van der Waals surface area contributed by atoms with E-state index in [0.29, 0.717) is 19.3 Å². The molecule has 0 N–H and O–H groups in total. The number of hydrogen-bond donors (Lipinski definition) is 0. The minimum Gasteiger partial charge on any atom is -0.462 e. The molecule has 6 heteroatoms. The van der Waals surface area contributed by atoms with Crippen molar-refractivity contribution in [3.8, 4) is 0 Å². The summed E-state index contributed by atoms with van der Waals surface area (Å²) in [4.78, 5) is 38.0. The Morgan fingerprint density at radius 1 is 0.333 bits per heavy atom. The van der Waals surface area contributed by atoms with Crippen LogP contribution < -0.4 is 0 Å². The summed E-state index contributed by atoms with van der Waals surface area (Å²) >= 11 is 0. The highest BCUT2D eigenvalue weighted by Crippen LogP contribution is 2.12. The summed E-state index contributed by atoms with van der Waals surface area (Å²) in [5.74, 6) is -1.05. The van der Waals surface area contributed by atoms with Crippen LogP contribution in [0, 0.1) is 0 Å². The van der Waals surface area contributed by atoms with Crippen molar-refractivity contribution in [2.24, 2.45) is 0 Å². The normalized spacial score (nSPS) is 13.2. The Balaban J connectivity index is 4.59. The fraction of sp³-hybridized carbons (Fsp3) is 0.583. The van der Waals surface area contributed by atoms with E-state index in [1.165, 1.54) is 64.2 Å². The van der Waals surface area contributed by atoms with Crippen molar-refractivity contribution < 1.29 is 28.6 Å². The molecule has 6 nitrogen and oxygen atoms in total. The molecule has 0 radical (unpaired) electrons. The first-order chi connectivity index (χ1) is 32.5. The second-order valence-electron chi connectivity index (χ2n) is 16.9. The van der Waals surface area contributed by atoms with Crippen molar-refractivity contribution in [3.63, 3.8) is 0 Å². The maximum atomic E-state index is 12.8. The van der Waals surface area contributed by atoms with Crippen LogP contribution in [0.2, 0.25) is 0 Å². The van der Waals surface area contributed by atoms with E-state index in [1.54, 1.807) is 0 Å². The molecule has 0 aromatic carbocycles. The molecule has 0 heterocycles. The van der Waals surface area contributed by atoms with Gasteiger partial charge in [-0.1, -0.05) is 225 Å². The molecule has 0 aliphatic carbocycles. The van der Waals surface area contributed by atoms with E-state index in [4.69, 9.17) is 14.2 Å². The summed E-state index contributed by atoms with van der Waals surface area (Å²) in [7, 11) is 0. The van der Waals surface area contributed by atoms with Crippen LogP contribution in [0.5, 0.6) is 0 Å². The molecule has 0 aliphatic heterocycles. The molecule has 0 bridgehead atoms. The number of unbranched alkanes of at least 4 members (excludes halogenated alkanes) is 18. The highest BCUT2D eigenvalue weighted by molar-refractivity contribution is 5.71. The molecule has 0 amide bonds. The highest BCUT2D eigenvalue weighted by atomic mass is 16.6. The number of esters is 3. The van der Waals surface area contributed by atoms with Gasteiger partial charge in [-0.05, 0) is 96.3 Å². The van der Waals surface area contributed by atoms with Gasteiger partial charge in [-0.2, -0.15) is 0 Å². The average molecular weight is 911 g/mol. The van der Waals surface area contributed by atoms with Gasteiger partial charge in [-0.25, -0.2) is 0 Å². The molecule has 66 heavy (non-hydrogen) atoms. The number of hydrogen-bond acceptors (Lipinski definition) is 6. The van der Waals surface area contributed by atoms with E-state index in [2.05, 4.69) is 118 Å². The van der Waals surface area contributed by atoms with Crippen LogP contribution in [0.1, 0.15) is 207 Å². The van der Waals surface area contributed by atoms with Crippen LogP contribution in [0.25, 0.3) is 0 Å². The number of carbonyl (C=O) groups is 3. The third-order valence-corrected chi connectivity index (χ3v) is 10.5. The predicted molar refractivity (Wildman–Crippen MR) is 283 cm³/mol. The van der Waals surface area contributed by atoms with Crippen LogP contribution in [0.3, 0.4) is 0 Å². The SMILES string of the molecule is CC/C=C/C=C/C=C/C=C/CCCCCC(=O)OCC(COC(=O)CCCCCCC/C=C/C=C/C=C/C=C/CCCCC)OC(=O)CCC/C=C/C/C=C/C/C=C/CCCCCCCC. The Kier molecular flexibility index (Phi) is 49.6. The number of ether oxygens (including phenoxy) is 3. The molecule has 0 aromatic heterocycles. The molecule has 1 unspecified atom stereocenters. The third kappa shape index (κ3) is 50.5. The summed E-state index contributed by atoms with van der Waals surface area (Å²) in [6.45, 7) is 6.33. The van der Waals surface area contributed by atoms with Crippen molar-refractivity contribution in [1.82, 2.24) is 0 Å². The minimum atomic E-state index is -0.835. The zero-order valence-electron chi connectivity index (χ0n) is 42.1. The van der Waals surface area contributed by atoms with Crippen molar-refractivity contribution >= 4 is 17.9 Å². The Hall–Kier alpha value is -4.45. The highest BCUT2D eigenvalue weighted by Gasteiger charge is 2.19. The molecule has 0 fully saturated rings. The van der Waals surface area contributed by atoms with Gasteiger partial charge in [0, 0.05) is 19.3 Å². The van der Waals surface area contributed by atoms with Gasteiger partial charge in [0.25, 0.3) is 0 Å². The van der Waals surface area contributed by atoms with Crippen molar-refractivity contribution in [1.29, 1.82) is 0 Å². The van der Waals surface area contributed by atoms with Gasteiger partial charge in [0.2, 0.25) is 0 Å². The van der Waals surface area contributed by atoms with E-state index < -0.39 is 6.10 Å². The van der Waals surface area contributed by atoms with Gasteiger partial charge in [0.1, 0.15) is 13.2 Å². The molecule has 0 aromatic rings. The van der Waals surface area contributed by atoms with Gasteiger partial charge in [0.05, 0.1) is 0 Å². The smallest absolute Gasteiger partial charge is 0.306 e. The van der Waals surface area contributed by atoms with Crippen molar-refractivity contribution in [2.75, 3.05) is 13.2 Å². The quantitative estimate of drug-likeness (QED) is 0.0199. The van der Waals surface area contributed by atoms with Crippen LogP contribution in [-0.2, 0) is 28.6 Å². The fourth-order valence-electron chi connectivity index (χ4n) is 6.60. The van der Waals surface area contributed by atoms with E-state index in [9.17, 15) is 14.4 Å². The van der Waals surface area contributed by atoms with Crippen LogP contribution in [0.4, 0.5) is 0 Å². The summed E-state index contributed by atoms with van der Waals surface area (Å²) in [5.41, 5.74) is 0. The minimum absolute atomic E-state index is 0.128. The van der Waals surface area contributed by atoms with Crippen LogP contribution in [0.15, 0.2) is 134 Å². The van der Waals surface area contributed by atoms with Crippen LogP contribution in [-0.4, -0.2) is 37.2 Å². The molecule has 0 saturated carbocycles. The zero-order valence-corrected chi connectivity index (χ0v) is 42.1. The van der Waals surface area contributed by atoms with Gasteiger partial charge in [-0.15, -0.1) is 0 Å². The number of carbonyl (C=O) groups excluding carboxylic acids is 3. The third-order valence-electron chi connectivity index (χ3n) is 10.5. The second-order valence-corrected chi connectivity index (χ2v) is 16.9. The second kappa shape index (κ2) is 53.2. The Morgan fingerprint density at radius 3 is 1.15 bits per heavy atom. The van der Waals surface area contributed by atoms with Gasteiger partial charge in [-0.3, -0.25) is 14.4 Å². The van der Waals surface area contributed by atoms with Crippen LogP contribution >= 0.6 is 0 Å². The van der Waals surface area contributed by atoms with Crippen molar-refractivity contribution in [3.05, 3.63) is 134 Å². The predicted octanol–water partition coefficient (Wildman–Crippen LogP) is 17.5. The van der Waals surface area contributed by atoms with E-state index in [1.807, 2.05) is 36.5 Å². The molecule has 0 rings (SSSR count). The monoisotopic (exact) mass is 911 g/mol. The Labute approximate surface area is 405 Å². The summed E-state index contributed by atoms with van der Waals surface area (Å²) in [6, 6.07) is 0. The topological polar surface area (TPSA) is 78.9 Å². The molecule has 0 aliphatic rings. The molecule has 0 spiro atoms. The largest absolute Gasteiger partial charge is 0.462 e. The molecule has 1 atom stereocenters. The lowest BCUT2D eigenvalue weighted by molar-refractivity contribution is -0.167. The summed E-state index contributed by atoms with van der Waals surface area (Å²) in [6.07, 6.45) is 74.4. The van der Waals surface area contributed by atoms with E-state index in [0.717, 1.165) is 96.3 Å². The van der Waals surface area contributed by atoms with E-state index >= 15 is 0 Å². The molecular weight excluding hydrogens is 817 g/mol. The van der Waals surface area contributed by atoms with Gasteiger partial charge >= 0.3 is 17.9 Å². The summed E-state index contributed by atoms with van der Waals surface area (Å²) in [5, 5.41) is 0. The first-order valence-corrected chi connectivity index (χ1v) is 26.3. The Bertz CT molecular complexity index is 1460. The molecule has 370 valence electrons. The maximum absolute atomic E-state index is 12.8. The lowest BCUT2D eigenvalue weighted by Gasteiger charge is -2.18. The van der Waals surface area contributed by atoms with Gasteiger partial charge < -0.3 is 14.2 Å². The summed E-state index contributed by atoms with van der Waals surface area (Å²) < 4.78 is 16.7. The molecular formula is C60H94O6. The van der Waals surface area contributed by atoms with E-state index in [-0.39, 0.29) is 37.5 Å². The standard InChI is InChI=1S/C60H94O6/c1-4-7-10-13-16-19-22-25-27-29-31-32-35-38-41-44-47-50-53-59(62)65-56-57(55-64-58(61)52-49-46-43-40-37-34-24-21-18-15-12-9-6-3)66-60(63)54-51-48-45-42-39-36-33-30-28-26-23-20-17-14-11-8-5-2/h9,12,15-16,18-19,21-22,24-29,31-34,36-37,42,45,57H,4-8,10-11,13-14,17,20,23,30,35,38-41,43-44,46-56H2,1-3H3/b12-9+,18-15+,19-16+,24-21+,25-22+,28-26+,29-27+,32-31+,36-33+,37-34+,45-42+. The zero-order chi connectivity index (χ0) is 47.9. The van der Waals surface area contributed by atoms with Gasteiger partial charge in [0.15, 0.2) is 6.10 Å². The average Bonchev–Trinajstić information content (AvgIpc) is 3.31.